The van der Waals surface area contributed by atoms with Crippen LogP contribution in [0.4, 0.5) is 5.82 Å². The molecule has 2 N–H and O–H groups in total. The summed E-state index contributed by atoms with van der Waals surface area (Å²) < 4.78 is 11.4. The lowest BCUT2D eigenvalue weighted by atomic mass is 10.2. The molecule has 0 unspecified atom stereocenters. The van der Waals surface area contributed by atoms with Crippen molar-refractivity contribution in [1.82, 2.24) is 20.2 Å². The molecule has 126 valence electrons. The minimum atomic E-state index is -0.490. The maximum absolute atomic E-state index is 12.1. The first kappa shape index (κ1) is 16.7. The van der Waals surface area contributed by atoms with Crippen molar-refractivity contribution in [3.8, 4) is 0 Å². The first-order valence-electron chi connectivity index (χ1n) is 7.15. The number of hydrogen-bond acceptors (Lipinski definition) is 10. The number of rotatable bonds is 5. The summed E-state index contributed by atoms with van der Waals surface area (Å²) in [4.78, 5) is 20.7. The number of nitrogens with zero attached hydrogens (tertiary/aromatic N) is 4. The molecule has 8 nitrogen and oxygen atoms in total. The van der Waals surface area contributed by atoms with E-state index >= 15 is 0 Å². The molecule has 0 aliphatic carbocycles. The second-order valence-electron chi connectivity index (χ2n) is 4.83. The smallest absolute Gasteiger partial charge is 0.342 e. The van der Waals surface area contributed by atoms with Crippen LogP contribution in [0.1, 0.15) is 33.9 Å². The van der Waals surface area contributed by atoms with Gasteiger partial charge in [-0.15, -0.1) is 10.2 Å². The fourth-order valence-electron chi connectivity index (χ4n) is 2.16. The van der Waals surface area contributed by atoms with E-state index < -0.39 is 5.97 Å². The Bertz CT molecular complexity index is 905. The SMILES string of the molecule is CCOC(=O)c1c(C)oc2nc(CSc3nnc(C)s3)nc(N)c12. The number of carbonyl (C=O) groups is 1. The van der Waals surface area contributed by atoms with E-state index in [1.807, 2.05) is 6.92 Å². The third-order valence-corrected chi connectivity index (χ3v) is 5.08. The average Bonchev–Trinajstić information content (AvgIpc) is 3.08. The summed E-state index contributed by atoms with van der Waals surface area (Å²) >= 11 is 2.97. The number of aromatic nitrogens is 4. The fraction of sp³-hybridized carbons (Fsp3) is 0.357. The number of hydrogen-bond donors (Lipinski definition) is 1. The Kier molecular flexibility index (Phi) is 4.67. The van der Waals surface area contributed by atoms with Crippen molar-refractivity contribution >= 4 is 46.0 Å². The molecule has 0 aliphatic heterocycles. The van der Waals surface area contributed by atoms with Gasteiger partial charge in [0.25, 0.3) is 0 Å². The van der Waals surface area contributed by atoms with Crippen LogP contribution < -0.4 is 5.73 Å². The summed E-state index contributed by atoms with van der Waals surface area (Å²) in [5.41, 5.74) is 6.59. The van der Waals surface area contributed by atoms with E-state index in [0.717, 1.165) is 9.35 Å². The van der Waals surface area contributed by atoms with Crippen LogP contribution in [0.3, 0.4) is 0 Å². The molecule has 0 saturated carbocycles. The fourth-order valence-corrected chi connectivity index (χ4v) is 3.83. The number of carbonyl (C=O) groups excluding carboxylic acids is 1. The van der Waals surface area contributed by atoms with Crippen LogP contribution in [0.15, 0.2) is 8.76 Å². The van der Waals surface area contributed by atoms with Gasteiger partial charge < -0.3 is 14.9 Å². The molecule has 3 rings (SSSR count). The minimum absolute atomic E-state index is 0.198. The Labute approximate surface area is 145 Å². The molecular formula is C14H15N5O3S2. The van der Waals surface area contributed by atoms with Crippen molar-refractivity contribution < 1.29 is 13.9 Å². The lowest BCUT2D eigenvalue weighted by molar-refractivity contribution is 0.0526. The van der Waals surface area contributed by atoms with E-state index in [4.69, 9.17) is 14.9 Å². The highest BCUT2D eigenvalue weighted by Crippen LogP contribution is 2.30. The molecule has 0 atom stereocenters. The maximum atomic E-state index is 12.1. The predicted octanol–water partition coefficient (Wildman–Crippen LogP) is 2.74. The van der Waals surface area contributed by atoms with Gasteiger partial charge in [0.2, 0.25) is 5.71 Å². The Morgan fingerprint density at radius 2 is 2.12 bits per heavy atom. The zero-order chi connectivity index (χ0) is 17.3. The van der Waals surface area contributed by atoms with Gasteiger partial charge in [-0.2, -0.15) is 4.98 Å². The van der Waals surface area contributed by atoms with Gasteiger partial charge in [0.05, 0.1) is 17.7 Å². The lowest BCUT2D eigenvalue weighted by Gasteiger charge is -2.03. The van der Waals surface area contributed by atoms with E-state index in [2.05, 4.69) is 20.2 Å². The minimum Gasteiger partial charge on any atom is -0.462 e. The third kappa shape index (κ3) is 3.20. The predicted molar refractivity (Wildman–Crippen MR) is 91.1 cm³/mol. The maximum Gasteiger partial charge on any atom is 0.342 e. The number of nitrogens with two attached hydrogens (primary N) is 1. The third-order valence-electron chi connectivity index (χ3n) is 3.11. The molecule has 0 aromatic carbocycles. The molecule has 3 heterocycles. The highest BCUT2D eigenvalue weighted by molar-refractivity contribution is 8.00. The molecule has 0 bridgehead atoms. The van der Waals surface area contributed by atoms with Crippen molar-refractivity contribution in [2.45, 2.75) is 30.9 Å². The highest BCUT2D eigenvalue weighted by atomic mass is 32.2. The van der Waals surface area contributed by atoms with Crippen LogP contribution in [-0.2, 0) is 10.5 Å². The molecular weight excluding hydrogens is 350 g/mol. The van der Waals surface area contributed by atoms with E-state index in [0.29, 0.717) is 22.7 Å². The first-order valence-corrected chi connectivity index (χ1v) is 8.95. The molecule has 0 radical (unpaired) electrons. The first-order chi connectivity index (χ1) is 11.5. The summed E-state index contributed by atoms with van der Waals surface area (Å²) in [6.45, 7) is 5.57. The molecule has 10 heteroatoms. The monoisotopic (exact) mass is 365 g/mol. The summed E-state index contributed by atoms with van der Waals surface area (Å²) in [7, 11) is 0. The van der Waals surface area contributed by atoms with E-state index in [-0.39, 0.29) is 23.7 Å². The topological polar surface area (TPSA) is 117 Å². The number of ether oxygens (including phenoxy) is 1. The number of fused-ring (bicyclic) bond motifs is 1. The van der Waals surface area contributed by atoms with Crippen LogP contribution in [0.2, 0.25) is 0 Å². The number of thioether (sulfide) groups is 1. The number of anilines is 1. The Morgan fingerprint density at radius 1 is 1.33 bits per heavy atom. The van der Waals surface area contributed by atoms with Gasteiger partial charge in [-0.1, -0.05) is 23.1 Å². The largest absolute Gasteiger partial charge is 0.462 e. The molecule has 24 heavy (non-hydrogen) atoms. The molecule has 0 saturated heterocycles. The van der Waals surface area contributed by atoms with Gasteiger partial charge in [-0.3, -0.25) is 0 Å². The summed E-state index contributed by atoms with van der Waals surface area (Å²) in [6.07, 6.45) is 0. The molecule has 0 amide bonds. The van der Waals surface area contributed by atoms with Gasteiger partial charge in [-0.05, 0) is 20.8 Å². The van der Waals surface area contributed by atoms with Crippen molar-refractivity contribution in [3.05, 3.63) is 22.2 Å². The second kappa shape index (κ2) is 6.73. The summed E-state index contributed by atoms with van der Waals surface area (Å²) in [5.74, 6) is 1.10. The van der Waals surface area contributed by atoms with Crippen LogP contribution in [0, 0.1) is 13.8 Å². The molecule has 3 aromatic heterocycles. The summed E-state index contributed by atoms with van der Waals surface area (Å²) in [5, 5.41) is 9.29. The Morgan fingerprint density at radius 3 is 2.79 bits per heavy atom. The Hall–Kier alpha value is -2.20. The quantitative estimate of drug-likeness (QED) is 0.538. The van der Waals surface area contributed by atoms with Crippen molar-refractivity contribution in [2.75, 3.05) is 12.3 Å². The molecule has 3 aromatic rings. The van der Waals surface area contributed by atoms with E-state index in [1.54, 1.807) is 13.8 Å². The second-order valence-corrected chi connectivity index (χ2v) is 7.24. The number of esters is 1. The van der Waals surface area contributed by atoms with Crippen LogP contribution in [0.25, 0.3) is 11.1 Å². The Balaban J connectivity index is 1.91. The lowest BCUT2D eigenvalue weighted by Crippen LogP contribution is -2.07. The van der Waals surface area contributed by atoms with Crippen LogP contribution in [0.5, 0.6) is 0 Å². The van der Waals surface area contributed by atoms with Gasteiger partial charge in [0, 0.05) is 0 Å². The zero-order valence-corrected chi connectivity index (χ0v) is 15.0. The normalized spacial score (nSPS) is 11.1. The standard InChI is InChI=1S/C14H15N5O3S2/c1-4-21-13(20)9-6(2)22-12-10(9)11(15)16-8(17-12)5-23-14-19-18-7(3)24-14/h4-5H2,1-3H3,(H2,15,16,17). The molecule has 0 aliphatic rings. The molecule has 0 spiro atoms. The number of aryl methyl sites for hydroxylation is 2. The van der Waals surface area contributed by atoms with Gasteiger partial charge in [-0.25, -0.2) is 9.78 Å². The van der Waals surface area contributed by atoms with E-state index in [1.165, 1.54) is 23.1 Å². The average molecular weight is 365 g/mol. The highest BCUT2D eigenvalue weighted by Gasteiger charge is 2.23. The van der Waals surface area contributed by atoms with Crippen LogP contribution >= 0.6 is 23.1 Å². The van der Waals surface area contributed by atoms with Crippen LogP contribution in [-0.4, -0.2) is 32.7 Å². The van der Waals surface area contributed by atoms with Gasteiger partial charge in [0.1, 0.15) is 28.0 Å². The van der Waals surface area contributed by atoms with Gasteiger partial charge in [0.15, 0.2) is 4.34 Å². The number of nitrogen functional groups attached to an aromatic ring is 1. The zero-order valence-electron chi connectivity index (χ0n) is 13.3. The van der Waals surface area contributed by atoms with Crippen molar-refractivity contribution in [3.63, 3.8) is 0 Å². The van der Waals surface area contributed by atoms with E-state index in [9.17, 15) is 4.79 Å². The number of furan rings is 1. The molecule has 0 fully saturated rings. The van der Waals surface area contributed by atoms with Crippen molar-refractivity contribution in [2.24, 2.45) is 0 Å². The van der Waals surface area contributed by atoms with Crippen molar-refractivity contribution in [1.29, 1.82) is 0 Å². The van der Waals surface area contributed by atoms with Gasteiger partial charge >= 0.3 is 5.97 Å². The summed E-state index contributed by atoms with van der Waals surface area (Å²) in [6, 6.07) is 0.